The lowest BCUT2D eigenvalue weighted by atomic mass is 10.2. The maximum Gasteiger partial charge on any atom is 0.132 e. The summed E-state index contributed by atoms with van der Waals surface area (Å²) in [6.07, 6.45) is 0. The monoisotopic (exact) mass is 206 g/mol. The summed E-state index contributed by atoms with van der Waals surface area (Å²) in [6, 6.07) is 5.94. The zero-order chi connectivity index (χ0) is 10.8. The number of nitrogens with zero attached hydrogens (tertiary/aromatic N) is 1. The van der Waals surface area contributed by atoms with Crippen LogP contribution in [0, 0.1) is 5.82 Å². The summed E-state index contributed by atoms with van der Waals surface area (Å²) in [5.74, 6) is 0.632. The fourth-order valence-electron chi connectivity index (χ4n) is 1.46. The molecule has 1 aromatic heterocycles. The van der Waals surface area contributed by atoms with Crippen LogP contribution in [0.15, 0.2) is 24.3 Å². The minimum Gasteiger partial charge on any atom is -0.493 e. The minimum atomic E-state index is -0.310. The van der Waals surface area contributed by atoms with Gasteiger partial charge in [-0.1, -0.05) is 0 Å². The van der Waals surface area contributed by atoms with Crippen LogP contribution in [-0.4, -0.2) is 11.6 Å². The van der Waals surface area contributed by atoms with Crippen LogP contribution in [0.3, 0.4) is 0 Å². The van der Waals surface area contributed by atoms with Gasteiger partial charge in [0, 0.05) is 11.5 Å². The number of hydrogen-bond donors (Lipinski definition) is 1. The number of halogens is 1. The van der Waals surface area contributed by atoms with E-state index in [0.717, 1.165) is 0 Å². The molecule has 3 nitrogen and oxygen atoms in total. The summed E-state index contributed by atoms with van der Waals surface area (Å²) in [5.41, 5.74) is 6.25. The van der Waals surface area contributed by atoms with E-state index < -0.39 is 0 Å². The first-order valence-corrected chi connectivity index (χ1v) is 4.69. The Bertz CT molecular complexity index is 499. The number of anilines is 1. The highest BCUT2D eigenvalue weighted by Gasteiger charge is 2.06. The Balaban J connectivity index is 2.70. The molecule has 0 fully saturated rings. The molecule has 0 saturated carbocycles. The molecular formula is C11H11FN2O. The molecular weight excluding hydrogens is 195 g/mol. The van der Waals surface area contributed by atoms with E-state index in [-0.39, 0.29) is 5.82 Å². The van der Waals surface area contributed by atoms with Gasteiger partial charge in [0.1, 0.15) is 17.4 Å². The van der Waals surface area contributed by atoms with E-state index in [2.05, 4.69) is 4.98 Å². The van der Waals surface area contributed by atoms with Crippen molar-refractivity contribution >= 4 is 16.7 Å². The van der Waals surface area contributed by atoms with Gasteiger partial charge in [-0.05, 0) is 25.1 Å². The smallest absolute Gasteiger partial charge is 0.132 e. The van der Waals surface area contributed by atoms with Crippen molar-refractivity contribution in [2.24, 2.45) is 0 Å². The molecule has 0 bridgehead atoms. The Kier molecular flexibility index (Phi) is 2.41. The molecule has 2 N–H and O–H groups in total. The van der Waals surface area contributed by atoms with Crippen LogP contribution in [0.2, 0.25) is 0 Å². The summed E-state index contributed by atoms with van der Waals surface area (Å²) < 4.78 is 18.4. The van der Waals surface area contributed by atoms with E-state index in [9.17, 15) is 4.39 Å². The number of aromatic nitrogens is 1. The molecule has 0 unspecified atom stereocenters. The summed E-state index contributed by atoms with van der Waals surface area (Å²) in [7, 11) is 0. The molecule has 2 rings (SSSR count). The number of pyridine rings is 1. The lowest BCUT2D eigenvalue weighted by Crippen LogP contribution is -1.97. The molecule has 0 amide bonds. The van der Waals surface area contributed by atoms with Crippen LogP contribution in [0.1, 0.15) is 6.92 Å². The Morgan fingerprint density at radius 2 is 2.20 bits per heavy atom. The van der Waals surface area contributed by atoms with Crippen molar-refractivity contribution in [3.63, 3.8) is 0 Å². The first-order chi connectivity index (χ1) is 7.20. The number of benzene rings is 1. The van der Waals surface area contributed by atoms with Crippen molar-refractivity contribution in [1.82, 2.24) is 4.98 Å². The van der Waals surface area contributed by atoms with Gasteiger partial charge in [-0.15, -0.1) is 0 Å². The molecule has 0 aliphatic heterocycles. The largest absolute Gasteiger partial charge is 0.493 e. The molecule has 0 aliphatic carbocycles. The number of fused-ring (bicyclic) bond motifs is 1. The number of nitrogen functional groups attached to an aromatic ring is 1. The van der Waals surface area contributed by atoms with Crippen LogP contribution in [0.25, 0.3) is 10.9 Å². The second-order valence-corrected chi connectivity index (χ2v) is 3.14. The van der Waals surface area contributed by atoms with E-state index in [1.165, 1.54) is 12.1 Å². The maximum absolute atomic E-state index is 13.0. The van der Waals surface area contributed by atoms with Gasteiger partial charge in [-0.25, -0.2) is 9.37 Å². The van der Waals surface area contributed by atoms with Gasteiger partial charge in [-0.3, -0.25) is 0 Å². The second-order valence-electron chi connectivity index (χ2n) is 3.14. The molecule has 0 aliphatic rings. The predicted molar refractivity (Wildman–Crippen MR) is 57.3 cm³/mol. The quantitative estimate of drug-likeness (QED) is 0.820. The molecule has 1 aromatic carbocycles. The lowest BCUT2D eigenvalue weighted by molar-refractivity contribution is 0.344. The highest BCUT2D eigenvalue weighted by atomic mass is 19.1. The molecule has 1 heterocycles. The van der Waals surface area contributed by atoms with Gasteiger partial charge in [0.2, 0.25) is 0 Å². The Labute approximate surface area is 86.7 Å². The van der Waals surface area contributed by atoms with Gasteiger partial charge in [0.25, 0.3) is 0 Å². The van der Waals surface area contributed by atoms with E-state index in [1.54, 1.807) is 12.1 Å². The predicted octanol–water partition coefficient (Wildman–Crippen LogP) is 2.35. The van der Waals surface area contributed by atoms with Crippen LogP contribution < -0.4 is 10.5 Å². The first-order valence-electron chi connectivity index (χ1n) is 4.69. The van der Waals surface area contributed by atoms with E-state index in [1.807, 2.05) is 6.92 Å². The standard InChI is InChI=1S/C11H11FN2O/c1-2-15-10-6-11(13)14-9-4-3-7(12)5-8(9)10/h3-6H,2H2,1H3,(H2,13,14). The third-order valence-corrected chi connectivity index (χ3v) is 2.05. The fraction of sp³-hybridized carbons (Fsp3) is 0.182. The maximum atomic E-state index is 13.0. The average molecular weight is 206 g/mol. The van der Waals surface area contributed by atoms with Crippen LogP contribution in [0.5, 0.6) is 5.75 Å². The zero-order valence-corrected chi connectivity index (χ0v) is 8.33. The van der Waals surface area contributed by atoms with Gasteiger partial charge < -0.3 is 10.5 Å². The molecule has 0 spiro atoms. The summed E-state index contributed by atoms with van der Waals surface area (Å²) in [4.78, 5) is 4.09. The highest BCUT2D eigenvalue weighted by Crippen LogP contribution is 2.27. The van der Waals surface area contributed by atoms with Crippen molar-refractivity contribution in [2.45, 2.75) is 6.92 Å². The number of rotatable bonds is 2. The zero-order valence-electron chi connectivity index (χ0n) is 8.33. The minimum absolute atomic E-state index is 0.310. The van der Waals surface area contributed by atoms with E-state index >= 15 is 0 Å². The summed E-state index contributed by atoms with van der Waals surface area (Å²) in [5, 5.41) is 0.644. The second kappa shape index (κ2) is 3.73. The number of hydrogen-bond acceptors (Lipinski definition) is 3. The molecule has 4 heteroatoms. The van der Waals surface area contributed by atoms with Gasteiger partial charge in [-0.2, -0.15) is 0 Å². The van der Waals surface area contributed by atoms with Crippen molar-refractivity contribution in [2.75, 3.05) is 12.3 Å². The molecule has 15 heavy (non-hydrogen) atoms. The fourth-order valence-corrected chi connectivity index (χ4v) is 1.46. The summed E-state index contributed by atoms with van der Waals surface area (Å²) >= 11 is 0. The first kappa shape index (κ1) is 9.71. The van der Waals surface area contributed by atoms with Crippen LogP contribution in [-0.2, 0) is 0 Å². The van der Waals surface area contributed by atoms with Gasteiger partial charge in [0.05, 0.1) is 12.1 Å². The molecule has 0 atom stereocenters. The Hall–Kier alpha value is -1.84. The van der Waals surface area contributed by atoms with Crippen molar-refractivity contribution in [3.05, 3.63) is 30.1 Å². The lowest BCUT2D eigenvalue weighted by Gasteiger charge is -2.07. The molecule has 2 aromatic rings. The van der Waals surface area contributed by atoms with Crippen LogP contribution >= 0.6 is 0 Å². The van der Waals surface area contributed by atoms with Gasteiger partial charge in [0.15, 0.2) is 0 Å². The van der Waals surface area contributed by atoms with Crippen LogP contribution in [0.4, 0.5) is 10.2 Å². The molecule has 78 valence electrons. The average Bonchev–Trinajstić information content (AvgIpc) is 2.19. The SMILES string of the molecule is CCOc1cc(N)nc2ccc(F)cc12. The molecule has 0 saturated heterocycles. The Morgan fingerprint density at radius 1 is 1.40 bits per heavy atom. The van der Waals surface area contributed by atoms with E-state index in [4.69, 9.17) is 10.5 Å². The normalized spacial score (nSPS) is 10.5. The van der Waals surface area contributed by atoms with Gasteiger partial charge >= 0.3 is 0 Å². The number of nitrogens with two attached hydrogens (primary N) is 1. The Morgan fingerprint density at radius 3 is 2.93 bits per heavy atom. The third-order valence-electron chi connectivity index (χ3n) is 2.05. The van der Waals surface area contributed by atoms with E-state index in [0.29, 0.717) is 29.1 Å². The topological polar surface area (TPSA) is 48.1 Å². The number of ether oxygens (including phenoxy) is 1. The van der Waals surface area contributed by atoms with Crippen molar-refractivity contribution in [3.8, 4) is 5.75 Å². The van der Waals surface area contributed by atoms with Crippen molar-refractivity contribution < 1.29 is 9.13 Å². The molecule has 0 radical (unpaired) electrons. The highest BCUT2D eigenvalue weighted by molar-refractivity contribution is 5.86. The summed E-state index contributed by atoms with van der Waals surface area (Å²) in [6.45, 7) is 2.37. The van der Waals surface area contributed by atoms with Crippen molar-refractivity contribution in [1.29, 1.82) is 0 Å². The third kappa shape index (κ3) is 1.83.